The lowest BCUT2D eigenvalue weighted by Crippen LogP contribution is -2.29. The number of rotatable bonds is 10. The van der Waals surface area contributed by atoms with Gasteiger partial charge in [0.05, 0.1) is 32.2 Å². The number of ether oxygens (including phenoxy) is 2. The molecule has 2 heterocycles. The fraction of sp³-hybridized carbons (Fsp3) is 0.545. The molecule has 0 bridgehead atoms. The first-order valence-electron chi connectivity index (χ1n) is 7.54. The maximum absolute atomic E-state index is 11.8. The van der Waals surface area contributed by atoms with E-state index in [1.54, 1.807) is 0 Å². The molecule has 2 atom stereocenters. The molecule has 2 aromatic heterocycles. The van der Waals surface area contributed by atoms with Gasteiger partial charge in [0.25, 0.3) is 5.56 Å². The second-order valence-corrected chi connectivity index (χ2v) is 9.07. The van der Waals surface area contributed by atoms with Crippen molar-refractivity contribution < 1.29 is 43.3 Å². The van der Waals surface area contributed by atoms with Gasteiger partial charge in [0.15, 0.2) is 17.0 Å². The van der Waals surface area contributed by atoms with Crippen LogP contribution in [0.5, 0.6) is 0 Å². The molecule has 0 saturated heterocycles. The Balaban J connectivity index is 2.17. The minimum atomic E-state index is -4.82. The summed E-state index contributed by atoms with van der Waals surface area (Å²) in [5.41, 5.74) is 4.95. The molecule has 2 aromatic rings. The Bertz CT molecular complexity index is 964. The van der Waals surface area contributed by atoms with Crippen molar-refractivity contribution in [2.45, 2.75) is 18.5 Å². The molecule has 158 valence electrons. The average Bonchev–Trinajstić information content (AvgIpc) is 2.93. The Hall–Kier alpha value is -1.67. The van der Waals surface area contributed by atoms with E-state index in [-0.39, 0.29) is 23.7 Å². The van der Waals surface area contributed by atoms with Gasteiger partial charge in [-0.3, -0.25) is 18.9 Å². The summed E-state index contributed by atoms with van der Waals surface area (Å²) in [6, 6.07) is 0. The summed E-state index contributed by atoms with van der Waals surface area (Å²) in [6.07, 6.45) is -0.721. The highest BCUT2D eigenvalue weighted by molar-refractivity contribution is 7.52. The van der Waals surface area contributed by atoms with Crippen LogP contribution in [0.3, 0.4) is 0 Å². The minimum absolute atomic E-state index is 0.0284. The van der Waals surface area contributed by atoms with E-state index in [1.165, 1.54) is 10.9 Å². The molecule has 8 N–H and O–H groups in total. The van der Waals surface area contributed by atoms with Crippen molar-refractivity contribution >= 4 is 32.3 Å². The number of nitrogen functional groups attached to an aromatic ring is 1. The molecule has 0 aliphatic rings. The van der Waals surface area contributed by atoms with E-state index in [1.807, 2.05) is 0 Å². The lowest BCUT2D eigenvalue weighted by Gasteiger charge is -2.21. The summed E-state index contributed by atoms with van der Waals surface area (Å²) in [5.74, 6) is -2.28. The molecule has 1 unspecified atom stereocenters. The van der Waals surface area contributed by atoms with Gasteiger partial charge in [0.1, 0.15) is 6.35 Å². The second kappa shape index (κ2) is 8.78. The number of aromatic amines is 1. The number of hydrogen-bond donors (Lipinski definition) is 7. The van der Waals surface area contributed by atoms with Crippen LogP contribution in [-0.2, 0) is 25.1 Å². The monoisotopic (exact) mass is 443 g/mol. The highest BCUT2D eigenvalue weighted by Crippen LogP contribution is 2.39. The molecule has 0 aliphatic carbocycles. The van der Waals surface area contributed by atoms with Gasteiger partial charge in [-0.15, -0.1) is 0 Å². The van der Waals surface area contributed by atoms with Crippen LogP contribution in [-0.4, -0.2) is 75.7 Å². The number of fused-ring (bicyclic) bond motifs is 1. The zero-order valence-electron chi connectivity index (χ0n) is 14.2. The molecule has 0 fully saturated rings. The van der Waals surface area contributed by atoms with E-state index < -0.39 is 52.3 Å². The van der Waals surface area contributed by atoms with Crippen LogP contribution < -0.4 is 11.3 Å². The number of aliphatic hydroxyl groups excluding tert-OH is 1. The Labute approximate surface area is 156 Å². The summed E-state index contributed by atoms with van der Waals surface area (Å²) < 4.78 is 33.3. The van der Waals surface area contributed by atoms with Gasteiger partial charge in [0.2, 0.25) is 5.95 Å². The van der Waals surface area contributed by atoms with Crippen LogP contribution in [0, 0.1) is 0 Å². The summed E-state index contributed by atoms with van der Waals surface area (Å²) >= 11 is 0. The number of aliphatic hydroxyl groups is 1. The van der Waals surface area contributed by atoms with Crippen molar-refractivity contribution in [2.24, 2.45) is 0 Å². The minimum Gasteiger partial charge on any atom is -0.378 e. The zero-order valence-corrected chi connectivity index (χ0v) is 15.9. The summed E-state index contributed by atoms with van der Waals surface area (Å²) in [7, 11) is -9.27. The molecule has 17 heteroatoms. The molecule has 0 aliphatic heterocycles. The van der Waals surface area contributed by atoms with Crippen LogP contribution in [0.1, 0.15) is 0 Å². The summed E-state index contributed by atoms with van der Waals surface area (Å²) in [4.78, 5) is 57.4. The Kier molecular flexibility index (Phi) is 7.09. The first-order valence-corrected chi connectivity index (χ1v) is 11.0. The Morgan fingerprint density at radius 2 is 1.93 bits per heavy atom. The molecule has 0 amide bonds. The van der Waals surface area contributed by atoms with Gasteiger partial charge in [-0.2, -0.15) is 4.98 Å². The van der Waals surface area contributed by atoms with Crippen molar-refractivity contribution in [3.63, 3.8) is 0 Å². The SMILES string of the molecule is Nc1nc2c(ncn2C[C@H](COCP(=O)(O)O)OCC(O)P(=O)(O)O)c(=O)[nH]1. The number of nitrogens with zero attached hydrogens (tertiary/aromatic N) is 3. The number of hydrogen-bond acceptors (Lipinski definition) is 9. The zero-order chi connectivity index (χ0) is 21.1. The highest BCUT2D eigenvalue weighted by atomic mass is 31.2. The van der Waals surface area contributed by atoms with Crippen molar-refractivity contribution in [1.82, 2.24) is 19.5 Å². The van der Waals surface area contributed by atoms with Crippen LogP contribution >= 0.6 is 15.2 Å². The van der Waals surface area contributed by atoms with Crippen molar-refractivity contribution in [1.29, 1.82) is 0 Å². The first kappa shape index (κ1) is 22.6. The maximum Gasteiger partial charge on any atom is 0.356 e. The van der Waals surface area contributed by atoms with Gasteiger partial charge in [0, 0.05) is 0 Å². The van der Waals surface area contributed by atoms with Gasteiger partial charge >= 0.3 is 15.2 Å². The predicted octanol–water partition coefficient (Wildman–Crippen LogP) is -2.27. The molecule has 0 spiro atoms. The lowest BCUT2D eigenvalue weighted by atomic mass is 10.3. The van der Waals surface area contributed by atoms with E-state index in [9.17, 15) is 19.0 Å². The second-order valence-electron chi connectivity index (χ2n) is 5.71. The van der Waals surface area contributed by atoms with Crippen molar-refractivity contribution in [3.8, 4) is 0 Å². The van der Waals surface area contributed by atoms with E-state index in [0.29, 0.717) is 0 Å². The number of nitrogens with two attached hydrogens (primary N) is 1. The summed E-state index contributed by atoms with van der Waals surface area (Å²) in [6.45, 7) is -1.32. The molecule has 0 radical (unpaired) electrons. The van der Waals surface area contributed by atoms with Crippen molar-refractivity contribution in [2.75, 3.05) is 25.3 Å². The Morgan fingerprint density at radius 1 is 1.25 bits per heavy atom. The van der Waals surface area contributed by atoms with E-state index in [4.69, 9.17) is 34.8 Å². The topological polar surface area (TPSA) is 243 Å². The molecular weight excluding hydrogens is 424 g/mol. The fourth-order valence-electron chi connectivity index (χ4n) is 2.10. The van der Waals surface area contributed by atoms with Crippen LogP contribution in [0.2, 0.25) is 0 Å². The van der Waals surface area contributed by atoms with Gasteiger partial charge < -0.3 is 44.5 Å². The third-order valence-corrected chi connectivity index (χ3v) is 4.77. The number of nitrogens with one attached hydrogen (secondary N) is 1. The number of anilines is 1. The van der Waals surface area contributed by atoms with Gasteiger partial charge in [-0.1, -0.05) is 0 Å². The average molecular weight is 443 g/mol. The van der Waals surface area contributed by atoms with Crippen LogP contribution in [0.25, 0.3) is 11.2 Å². The quantitative estimate of drug-likeness (QED) is 0.192. The molecule has 15 nitrogen and oxygen atoms in total. The van der Waals surface area contributed by atoms with Crippen molar-refractivity contribution in [3.05, 3.63) is 16.7 Å². The molecule has 28 heavy (non-hydrogen) atoms. The normalized spacial score (nSPS) is 15.0. The third-order valence-electron chi connectivity index (χ3n) is 3.33. The van der Waals surface area contributed by atoms with E-state index in [0.717, 1.165) is 0 Å². The fourth-order valence-corrected chi connectivity index (χ4v) is 2.72. The largest absolute Gasteiger partial charge is 0.378 e. The molecule has 0 aromatic carbocycles. The Morgan fingerprint density at radius 3 is 2.54 bits per heavy atom. The summed E-state index contributed by atoms with van der Waals surface area (Å²) in [5, 5.41) is 9.41. The smallest absolute Gasteiger partial charge is 0.356 e. The van der Waals surface area contributed by atoms with Crippen LogP contribution in [0.15, 0.2) is 11.1 Å². The molecular formula is C11H19N5O10P2. The van der Waals surface area contributed by atoms with Gasteiger partial charge in [-0.25, -0.2) is 4.98 Å². The third kappa shape index (κ3) is 6.44. The van der Waals surface area contributed by atoms with E-state index >= 15 is 0 Å². The molecule has 2 rings (SSSR count). The number of aromatic nitrogens is 4. The predicted molar refractivity (Wildman–Crippen MR) is 93.2 cm³/mol. The lowest BCUT2D eigenvalue weighted by molar-refractivity contribution is -0.0388. The first-order chi connectivity index (χ1) is 12.9. The standard InChI is InChI=1S/C11H19N5O10P2/c12-11-14-9-8(10(18)15-11)13-4-16(9)1-6(2-25-5-27(19,20)21)26-3-7(17)28(22,23)24/h4,6-7,17H,1-3,5H2,(H2,19,20,21)(H2,22,23,24)(H3,12,14,15,18)/t6-,7?/m1/s1. The molecule has 0 saturated carbocycles. The maximum atomic E-state index is 11.8. The van der Waals surface area contributed by atoms with Crippen LogP contribution in [0.4, 0.5) is 5.95 Å². The number of imidazole rings is 1. The van der Waals surface area contributed by atoms with Gasteiger partial charge in [-0.05, 0) is 0 Å². The highest BCUT2D eigenvalue weighted by Gasteiger charge is 2.28. The number of H-pyrrole nitrogens is 1. The van der Waals surface area contributed by atoms with E-state index in [2.05, 4.69) is 15.0 Å².